The fourth-order valence-electron chi connectivity index (χ4n) is 3.28. The molecule has 3 rings (SSSR count). The van der Waals surface area contributed by atoms with E-state index in [9.17, 15) is 8.42 Å². The molecule has 0 saturated heterocycles. The van der Waals surface area contributed by atoms with Crippen LogP contribution < -0.4 is 14.8 Å². The number of rotatable bonds is 9. The molecule has 0 spiro atoms. The number of benzene rings is 1. The van der Waals surface area contributed by atoms with E-state index in [-0.39, 0.29) is 11.3 Å². The van der Waals surface area contributed by atoms with Gasteiger partial charge in [0.1, 0.15) is 5.75 Å². The third-order valence-electron chi connectivity index (χ3n) is 5.43. The number of anilines is 1. The maximum atomic E-state index is 12.0. The molecule has 0 aliphatic heterocycles. The molecule has 0 atom stereocenters. The lowest BCUT2D eigenvalue weighted by atomic mass is 9.86. The average Bonchev–Trinajstić information content (AvgIpc) is 3.44. The van der Waals surface area contributed by atoms with Gasteiger partial charge in [-0.15, -0.1) is 0 Å². The van der Waals surface area contributed by atoms with E-state index in [4.69, 9.17) is 4.74 Å². The fourth-order valence-corrected chi connectivity index (χ4v) is 4.26. The molecule has 146 valence electrons. The zero-order valence-corrected chi connectivity index (χ0v) is 16.7. The highest BCUT2D eigenvalue weighted by Crippen LogP contribution is 2.30. The highest BCUT2D eigenvalue weighted by molar-refractivity contribution is 7.90. The Labute approximate surface area is 158 Å². The Balaban J connectivity index is 1.36. The Morgan fingerprint density at radius 2 is 1.62 bits per heavy atom. The lowest BCUT2D eigenvalue weighted by Crippen LogP contribution is -2.41. The topological polar surface area (TPSA) is 67.4 Å². The van der Waals surface area contributed by atoms with Gasteiger partial charge in [0, 0.05) is 18.3 Å². The van der Waals surface area contributed by atoms with Crippen LogP contribution in [0, 0.1) is 11.8 Å². The van der Waals surface area contributed by atoms with Crippen LogP contribution in [0.2, 0.25) is 0 Å². The monoisotopic (exact) mass is 380 g/mol. The highest BCUT2D eigenvalue weighted by Gasteiger charge is 2.26. The zero-order chi connectivity index (χ0) is 18.6. The quantitative estimate of drug-likeness (QED) is 0.684. The lowest BCUT2D eigenvalue weighted by molar-refractivity contribution is 0.300. The van der Waals surface area contributed by atoms with Crippen LogP contribution >= 0.6 is 0 Å². The summed E-state index contributed by atoms with van der Waals surface area (Å²) in [6.07, 6.45) is 6.57. The minimum Gasteiger partial charge on any atom is -0.493 e. The molecule has 5 nitrogen and oxygen atoms in total. The first-order valence-corrected chi connectivity index (χ1v) is 11.4. The fraction of sp³-hybridized carbons (Fsp3) is 0.700. The Kier molecular flexibility index (Phi) is 6.46. The number of nitrogens with one attached hydrogen (secondary N) is 2. The van der Waals surface area contributed by atoms with Gasteiger partial charge in [0.2, 0.25) is 10.0 Å². The summed E-state index contributed by atoms with van der Waals surface area (Å²) in [5.74, 6) is 2.31. The van der Waals surface area contributed by atoms with Crippen LogP contribution in [0.5, 0.6) is 5.75 Å². The molecule has 1 aromatic rings. The molecule has 2 fully saturated rings. The largest absolute Gasteiger partial charge is 0.493 e. The molecule has 2 aliphatic rings. The summed E-state index contributed by atoms with van der Waals surface area (Å²) in [5, 5.41) is 3.14. The molecule has 0 bridgehead atoms. The lowest BCUT2D eigenvalue weighted by Gasteiger charge is -2.29. The van der Waals surface area contributed by atoms with Gasteiger partial charge in [-0.3, -0.25) is 0 Å². The van der Waals surface area contributed by atoms with Crippen molar-refractivity contribution in [3.8, 4) is 5.75 Å². The second kappa shape index (κ2) is 8.61. The van der Waals surface area contributed by atoms with Crippen molar-refractivity contribution in [1.29, 1.82) is 0 Å². The Bertz CT molecular complexity index is 661. The standard InChI is InChI=1S/C20H32N2O3S/c1-15(2)26(23,24)22-19-7-5-16(6-8-19)13-21-18-9-11-20(12-10-18)25-14-17-3-4-17/h9-12,15-17,19,21-22H,3-8,13-14H2,1-2H3. The molecule has 26 heavy (non-hydrogen) atoms. The Morgan fingerprint density at radius 3 is 2.19 bits per heavy atom. The van der Waals surface area contributed by atoms with Gasteiger partial charge in [-0.2, -0.15) is 0 Å². The maximum absolute atomic E-state index is 12.0. The summed E-state index contributed by atoms with van der Waals surface area (Å²) >= 11 is 0. The summed E-state index contributed by atoms with van der Waals surface area (Å²) in [6.45, 7) is 5.22. The van der Waals surface area contributed by atoms with Crippen LogP contribution in [0.3, 0.4) is 0 Å². The van der Waals surface area contributed by atoms with Crippen molar-refractivity contribution >= 4 is 15.7 Å². The predicted octanol–water partition coefficient (Wildman–Crippen LogP) is 3.77. The van der Waals surface area contributed by atoms with E-state index < -0.39 is 10.0 Å². The van der Waals surface area contributed by atoms with Gasteiger partial charge >= 0.3 is 0 Å². The molecule has 2 aliphatic carbocycles. The summed E-state index contributed by atoms with van der Waals surface area (Å²) < 4.78 is 32.6. The average molecular weight is 381 g/mol. The van der Waals surface area contributed by atoms with E-state index >= 15 is 0 Å². The highest BCUT2D eigenvalue weighted by atomic mass is 32.2. The molecule has 2 N–H and O–H groups in total. The molecule has 0 radical (unpaired) electrons. The summed E-state index contributed by atoms with van der Waals surface area (Å²) in [5.41, 5.74) is 1.12. The van der Waals surface area contributed by atoms with Crippen molar-refractivity contribution in [1.82, 2.24) is 4.72 Å². The summed E-state index contributed by atoms with van der Waals surface area (Å²) in [4.78, 5) is 0. The van der Waals surface area contributed by atoms with Crippen LogP contribution in [0.25, 0.3) is 0 Å². The molecule has 0 amide bonds. The molecular weight excluding hydrogens is 348 g/mol. The van der Waals surface area contributed by atoms with E-state index in [2.05, 4.69) is 22.2 Å². The van der Waals surface area contributed by atoms with Gasteiger partial charge in [-0.05, 0) is 88.5 Å². The Morgan fingerprint density at radius 1 is 1.00 bits per heavy atom. The van der Waals surface area contributed by atoms with Crippen LogP contribution in [0.15, 0.2) is 24.3 Å². The van der Waals surface area contributed by atoms with Gasteiger partial charge in [0.05, 0.1) is 11.9 Å². The Hall–Kier alpha value is -1.27. The summed E-state index contributed by atoms with van der Waals surface area (Å²) in [7, 11) is -3.16. The zero-order valence-electron chi connectivity index (χ0n) is 15.9. The van der Waals surface area contributed by atoms with E-state index in [1.54, 1.807) is 13.8 Å². The van der Waals surface area contributed by atoms with Gasteiger partial charge in [-0.1, -0.05) is 0 Å². The van der Waals surface area contributed by atoms with Crippen molar-refractivity contribution in [3.63, 3.8) is 0 Å². The second-order valence-corrected chi connectivity index (χ2v) is 10.4. The van der Waals surface area contributed by atoms with Crippen molar-refractivity contribution in [2.75, 3.05) is 18.5 Å². The molecule has 1 aromatic carbocycles. The van der Waals surface area contributed by atoms with E-state index in [1.165, 1.54) is 12.8 Å². The first-order chi connectivity index (χ1) is 12.4. The van der Waals surface area contributed by atoms with Crippen molar-refractivity contribution in [2.45, 2.75) is 63.7 Å². The molecule has 0 aromatic heterocycles. The second-order valence-electron chi connectivity index (χ2n) is 8.09. The number of hydrogen-bond donors (Lipinski definition) is 2. The first kappa shape index (κ1) is 19.5. The molecule has 6 heteroatoms. The van der Waals surface area contributed by atoms with Crippen molar-refractivity contribution in [3.05, 3.63) is 24.3 Å². The first-order valence-electron chi connectivity index (χ1n) is 9.90. The number of hydrogen-bond acceptors (Lipinski definition) is 4. The smallest absolute Gasteiger partial charge is 0.214 e. The SMILES string of the molecule is CC(C)S(=O)(=O)NC1CCC(CNc2ccc(OCC3CC3)cc2)CC1. The van der Waals surface area contributed by atoms with Gasteiger partial charge in [0.15, 0.2) is 0 Å². The van der Waals surface area contributed by atoms with E-state index in [0.29, 0.717) is 5.92 Å². The van der Waals surface area contributed by atoms with Crippen LogP contribution in [-0.4, -0.2) is 32.9 Å². The minimum atomic E-state index is -3.16. The van der Waals surface area contributed by atoms with Crippen molar-refractivity contribution < 1.29 is 13.2 Å². The third kappa shape index (κ3) is 5.88. The van der Waals surface area contributed by atoms with Crippen LogP contribution in [0.1, 0.15) is 52.4 Å². The van der Waals surface area contributed by atoms with Crippen LogP contribution in [0.4, 0.5) is 5.69 Å². The third-order valence-corrected chi connectivity index (χ3v) is 7.33. The number of ether oxygens (including phenoxy) is 1. The van der Waals surface area contributed by atoms with Crippen molar-refractivity contribution in [2.24, 2.45) is 11.8 Å². The van der Waals surface area contributed by atoms with Crippen LogP contribution in [-0.2, 0) is 10.0 Å². The maximum Gasteiger partial charge on any atom is 0.214 e. The predicted molar refractivity (Wildman–Crippen MR) is 106 cm³/mol. The van der Waals surface area contributed by atoms with E-state index in [0.717, 1.165) is 56.2 Å². The van der Waals surface area contributed by atoms with E-state index in [1.807, 2.05) is 12.1 Å². The summed E-state index contributed by atoms with van der Waals surface area (Å²) in [6, 6.07) is 8.31. The van der Waals surface area contributed by atoms with Gasteiger partial charge < -0.3 is 10.1 Å². The molecule has 2 saturated carbocycles. The minimum absolute atomic E-state index is 0.0987. The molecule has 0 heterocycles. The molecular formula is C20H32N2O3S. The van der Waals surface area contributed by atoms with Gasteiger partial charge in [-0.25, -0.2) is 13.1 Å². The van der Waals surface area contributed by atoms with Gasteiger partial charge in [0.25, 0.3) is 0 Å². The normalized spacial score (nSPS) is 23.8. The molecule has 0 unspecified atom stereocenters. The number of sulfonamides is 1.